The summed E-state index contributed by atoms with van der Waals surface area (Å²) in [6.07, 6.45) is 4.90. The summed E-state index contributed by atoms with van der Waals surface area (Å²) < 4.78 is 6.38. The van der Waals surface area contributed by atoms with Crippen molar-refractivity contribution in [3.8, 4) is 5.75 Å². The van der Waals surface area contributed by atoms with E-state index in [0.29, 0.717) is 5.92 Å². The smallest absolute Gasteiger partial charge is 0.134 e. The Morgan fingerprint density at radius 2 is 1.75 bits per heavy atom. The summed E-state index contributed by atoms with van der Waals surface area (Å²) in [6, 6.07) is 16.7. The van der Waals surface area contributed by atoms with E-state index in [0.717, 1.165) is 34.6 Å². The van der Waals surface area contributed by atoms with Gasteiger partial charge in [0.25, 0.3) is 0 Å². The molecule has 0 aromatic heterocycles. The summed E-state index contributed by atoms with van der Waals surface area (Å²) in [5, 5.41) is 5.41. The lowest BCUT2D eigenvalue weighted by molar-refractivity contribution is 0.238. The van der Waals surface area contributed by atoms with Crippen LogP contribution < -0.4 is 4.74 Å². The number of ether oxygens (including phenoxy) is 1. The van der Waals surface area contributed by atoms with Gasteiger partial charge >= 0.3 is 0 Å². The van der Waals surface area contributed by atoms with Gasteiger partial charge in [-0.2, -0.15) is 0 Å². The van der Waals surface area contributed by atoms with Crippen molar-refractivity contribution in [3.05, 3.63) is 53.6 Å². The average molecular weight is 341 g/mol. The molecule has 0 N–H and O–H groups in total. The molecule has 1 nitrogen and oxygen atoms in total. The van der Waals surface area contributed by atoms with Crippen molar-refractivity contribution in [1.82, 2.24) is 0 Å². The monoisotopic (exact) mass is 340 g/mol. The minimum Gasteiger partial charge on any atom is -0.492 e. The van der Waals surface area contributed by atoms with Crippen LogP contribution in [-0.4, -0.2) is 6.61 Å². The highest BCUT2D eigenvalue weighted by molar-refractivity contribution is 6.31. The number of hydrogen-bond acceptors (Lipinski definition) is 1. The number of halogens is 1. The van der Waals surface area contributed by atoms with Gasteiger partial charge in [0, 0.05) is 15.8 Å². The largest absolute Gasteiger partial charge is 0.492 e. The first-order valence-electron chi connectivity index (χ1n) is 8.96. The van der Waals surface area contributed by atoms with Crippen molar-refractivity contribution in [3.63, 3.8) is 0 Å². The van der Waals surface area contributed by atoms with Gasteiger partial charge in [-0.15, -0.1) is 0 Å². The molecule has 0 saturated heterocycles. The van der Waals surface area contributed by atoms with Gasteiger partial charge in [-0.25, -0.2) is 0 Å². The fourth-order valence-corrected chi connectivity index (χ4v) is 3.42. The summed E-state index contributed by atoms with van der Waals surface area (Å²) in [5.74, 6) is 1.58. The molecule has 0 radical (unpaired) electrons. The van der Waals surface area contributed by atoms with Crippen molar-refractivity contribution in [2.75, 3.05) is 6.61 Å². The van der Waals surface area contributed by atoms with E-state index in [2.05, 4.69) is 50.2 Å². The van der Waals surface area contributed by atoms with Crippen LogP contribution in [-0.2, 0) is 0 Å². The first kappa shape index (κ1) is 17.1. The molecule has 3 rings (SSSR count). The highest BCUT2D eigenvalue weighted by Gasteiger charge is 2.12. The van der Waals surface area contributed by atoms with E-state index in [4.69, 9.17) is 16.3 Å². The lowest BCUT2D eigenvalue weighted by atomic mass is 10.00. The van der Waals surface area contributed by atoms with Crippen LogP contribution in [0.2, 0.25) is 5.02 Å². The van der Waals surface area contributed by atoms with Gasteiger partial charge in [0.2, 0.25) is 0 Å². The summed E-state index contributed by atoms with van der Waals surface area (Å²) >= 11 is 6.24. The number of rotatable bonds is 7. The van der Waals surface area contributed by atoms with E-state index in [9.17, 15) is 0 Å². The van der Waals surface area contributed by atoms with Crippen LogP contribution in [0, 0.1) is 5.92 Å². The third-order valence-corrected chi connectivity index (χ3v) is 5.02. The molecule has 3 aromatic carbocycles. The topological polar surface area (TPSA) is 9.23 Å². The molecule has 3 aromatic rings. The Kier molecular flexibility index (Phi) is 5.63. The maximum absolute atomic E-state index is 6.38. The zero-order valence-electron chi connectivity index (χ0n) is 14.5. The lowest BCUT2D eigenvalue weighted by Crippen LogP contribution is -2.11. The molecular weight excluding hydrogens is 316 g/mol. The van der Waals surface area contributed by atoms with Crippen LogP contribution in [0.25, 0.3) is 21.5 Å². The minimum atomic E-state index is 0.609. The molecule has 126 valence electrons. The molecule has 0 amide bonds. The van der Waals surface area contributed by atoms with Crippen molar-refractivity contribution < 1.29 is 4.74 Å². The van der Waals surface area contributed by atoms with E-state index in [1.807, 2.05) is 12.1 Å². The fraction of sp³-hybridized carbons (Fsp3) is 0.364. The second-order valence-corrected chi connectivity index (χ2v) is 6.96. The Morgan fingerprint density at radius 3 is 2.54 bits per heavy atom. The van der Waals surface area contributed by atoms with Gasteiger partial charge < -0.3 is 4.74 Å². The highest BCUT2D eigenvalue weighted by atomic mass is 35.5. The molecule has 0 fully saturated rings. The molecule has 24 heavy (non-hydrogen) atoms. The summed E-state index contributed by atoms with van der Waals surface area (Å²) in [5.41, 5.74) is 0. The molecule has 0 spiro atoms. The molecule has 1 unspecified atom stereocenters. The summed E-state index contributed by atoms with van der Waals surface area (Å²) in [6.45, 7) is 5.27. The van der Waals surface area contributed by atoms with Crippen LogP contribution >= 0.6 is 11.6 Å². The Hall–Kier alpha value is -1.73. The molecule has 2 heteroatoms. The quantitative estimate of drug-likeness (QED) is 0.412. The molecular formula is C22H25ClO. The molecule has 1 atom stereocenters. The van der Waals surface area contributed by atoms with E-state index in [-0.39, 0.29) is 0 Å². The highest BCUT2D eigenvalue weighted by Crippen LogP contribution is 2.36. The number of hydrogen-bond donors (Lipinski definition) is 0. The zero-order chi connectivity index (χ0) is 16.9. The van der Waals surface area contributed by atoms with Crippen LogP contribution in [0.3, 0.4) is 0 Å². The van der Waals surface area contributed by atoms with E-state index >= 15 is 0 Å². The van der Waals surface area contributed by atoms with Gasteiger partial charge in [0.15, 0.2) is 0 Å². The first-order chi connectivity index (χ1) is 11.7. The zero-order valence-corrected chi connectivity index (χ0v) is 15.3. The summed E-state index contributed by atoms with van der Waals surface area (Å²) in [4.78, 5) is 0. The molecule has 0 aliphatic carbocycles. The van der Waals surface area contributed by atoms with Crippen LogP contribution in [0.1, 0.15) is 39.5 Å². The Bertz CT molecular complexity index is 825. The van der Waals surface area contributed by atoms with Gasteiger partial charge in [-0.05, 0) is 41.3 Å². The molecule has 0 saturated carbocycles. The standard InChI is InChI=1S/C22H25ClO/c1-3-5-8-16(4-2)15-24-22-20-10-7-6-9-17(20)13-18-11-12-19(23)14-21(18)22/h6-7,9-14,16H,3-5,8,15H2,1-2H3. The Labute approximate surface area is 149 Å². The van der Waals surface area contributed by atoms with Gasteiger partial charge in [0.1, 0.15) is 5.75 Å². The van der Waals surface area contributed by atoms with Crippen molar-refractivity contribution >= 4 is 33.1 Å². The Balaban J connectivity index is 2.01. The van der Waals surface area contributed by atoms with E-state index in [1.165, 1.54) is 30.0 Å². The normalized spacial score (nSPS) is 12.6. The van der Waals surface area contributed by atoms with Gasteiger partial charge in [0.05, 0.1) is 6.61 Å². The lowest BCUT2D eigenvalue weighted by Gasteiger charge is -2.18. The Morgan fingerprint density at radius 1 is 0.958 bits per heavy atom. The van der Waals surface area contributed by atoms with Gasteiger partial charge in [-0.1, -0.05) is 75.0 Å². The van der Waals surface area contributed by atoms with Crippen molar-refractivity contribution in [1.29, 1.82) is 0 Å². The molecule has 0 aliphatic heterocycles. The van der Waals surface area contributed by atoms with Crippen LogP contribution in [0.4, 0.5) is 0 Å². The van der Waals surface area contributed by atoms with Gasteiger partial charge in [-0.3, -0.25) is 0 Å². The second-order valence-electron chi connectivity index (χ2n) is 6.52. The third kappa shape index (κ3) is 3.67. The SMILES string of the molecule is CCCCC(CC)COc1c2ccccc2cc2ccc(Cl)cc12. The molecule has 0 aliphatic rings. The number of fused-ring (bicyclic) bond motifs is 2. The maximum atomic E-state index is 6.38. The first-order valence-corrected chi connectivity index (χ1v) is 9.34. The molecule has 0 heterocycles. The number of benzene rings is 3. The van der Waals surface area contributed by atoms with Crippen LogP contribution in [0.15, 0.2) is 48.5 Å². The van der Waals surface area contributed by atoms with Crippen molar-refractivity contribution in [2.45, 2.75) is 39.5 Å². The number of unbranched alkanes of at least 4 members (excludes halogenated alkanes) is 1. The van der Waals surface area contributed by atoms with E-state index < -0.39 is 0 Å². The van der Waals surface area contributed by atoms with Crippen LogP contribution in [0.5, 0.6) is 5.75 Å². The minimum absolute atomic E-state index is 0.609. The molecule has 0 bridgehead atoms. The maximum Gasteiger partial charge on any atom is 0.134 e. The predicted octanol–water partition coefficient (Wildman–Crippen LogP) is 7.24. The second kappa shape index (κ2) is 7.90. The van der Waals surface area contributed by atoms with Crippen molar-refractivity contribution in [2.24, 2.45) is 5.92 Å². The fourth-order valence-electron chi connectivity index (χ4n) is 3.25. The predicted molar refractivity (Wildman–Crippen MR) is 105 cm³/mol. The average Bonchev–Trinajstić information content (AvgIpc) is 2.61. The van der Waals surface area contributed by atoms with E-state index in [1.54, 1.807) is 0 Å². The third-order valence-electron chi connectivity index (χ3n) is 4.78. The summed E-state index contributed by atoms with van der Waals surface area (Å²) in [7, 11) is 0.